The maximum Gasteiger partial charge on any atom is 0.243 e. The number of hydrogen-bond donors (Lipinski definition) is 3. The number of rotatable bonds is 5. The Kier molecular flexibility index (Phi) is 5.49. The summed E-state index contributed by atoms with van der Waals surface area (Å²) in [4.78, 5) is 13.5. The van der Waals surface area contributed by atoms with Crippen molar-refractivity contribution in [2.24, 2.45) is 0 Å². The maximum atomic E-state index is 11.3. The molecule has 3 N–H and O–H groups in total. The van der Waals surface area contributed by atoms with E-state index in [1.807, 2.05) is 18.2 Å². The molecule has 1 aromatic carbocycles. The number of aromatic hydroxyl groups is 1. The molecule has 2 saturated heterocycles. The summed E-state index contributed by atoms with van der Waals surface area (Å²) in [5.41, 5.74) is 1.97. The average Bonchev–Trinajstić information content (AvgIpc) is 3.09. The van der Waals surface area contributed by atoms with Gasteiger partial charge in [-0.3, -0.25) is 4.79 Å². The first kappa shape index (κ1) is 19.4. The Morgan fingerprint density at radius 2 is 1.97 bits per heavy atom. The number of nitrogens with zero attached hydrogens (tertiary/aromatic N) is 3. The van der Waals surface area contributed by atoms with E-state index in [9.17, 15) is 9.90 Å². The van der Waals surface area contributed by atoms with Crippen molar-refractivity contribution in [3.63, 3.8) is 0 Å². The van der Waals surface area contributed by atoms with E-state index in [0.717, 1.165) is 24.2 Å². The number of carbonyl (C=O) groups is 1. The molecule has 7 nitrogen and oxygen atoms in total. The average molecular weight is 393 g/mol. The zero-order chi connectivity index (χ0) is 20.4. The molecule has 2 fully saturated rings. The van der Waals surface area contributed by atoms with Gasteiger partial charge in [-0.1, -0.05) is 6.07 Å². The Balaban J connectivity index is 1.47. The van der Waals surface area contributed by atoms with Crippen LogP contribution in [-0.4, -0.2) is 53.4 Å². The molecule has 2 aliphatic heterocycles. The molecule has 2 bridgehead atoms. The Labute approximate surface area is 170 Å². The van der Waals surface area contributed by atoms with E-state index in [4.69, 9.17) is 0 Å². The second-order valence-electron chi connectivity index (χ2n) is 7.87. The van der Waals surface area contributed by atoms with Crippen LogP contribution in [0.15, 0.2) is 36.4 Å². The van der Waals surface area contributed by atoms with Gasteiger partial charge < -0.3 is 20.6 Å². The number of likely N-dealkylation sites (N-methyl/N-ethyl adjacent to an activating group) is 1. The lowest BCUT2D eigenvalue weighted by molar-refractivity contribution is -0.115. The van der Waals surface area contributed by atoms with E-state index in [2.05, 4.69) is 32.8 Å². The number of anilines is 1. The first-order valence-corrected chi connectivity index (χ1v) is 10.1. The summed E-state index contributed by atoms with van der Waals surface area (Å²) in [6.45, 7) is 0. The minimum atomic E-state index is -0.194. The zero-order valence-corrected chi connectivity index (χ0v) is 16.8. The number of amides is 1. The highest BCUT2D eigenvalue weighted by Gasteiger charge is 2.35. The van der Waals surface area contributed by atoms with Crippen LogP contribution in [0, 0.1) is 0 Å². The number of phenols is 1. The second-order valence-corrected chi connectivity index (χ2v) is 7.87. The number of piperidine rings is 1. The first-order valence-electron chi connectivity index (χ1n) is 10.1. The van der Waals surface area contributed by atoms with Crippen LogP contribution in [0.3, 0.4) is 0 Å². The second kappa shape index (κ2) is 8.21. The summed E-state index contributed by atoms with van der Waals surface area (Å²) in [6, 6.07) is 10.8. The smallest absolute Gasteiger partial charge is 0.243 e. The number of hydrogen-bond acceptors (Lipinski definition) is 6. The van der Waals surface area contributed by atoms with Gasteiger partial charge >= 0.3 is 0 Å². The normalized spacial score (nSPS) is 23.3. The fraction of sp³-hybridized carbons (Fsp3) is 0.409. The Hall–Kier alpha value is -2.93. The third-order valence-electron chi connectivity index (χ3n) is 5.98. The van der Waals surface area contributed by atoms with Crippen molar-refractivity contribution in [1.29, 1.82) is 0 Å². The van der Waals surface area contributed by atoms with E-state index in [1.54, 1.807) is 25.3 Å². The van der Waals surface area contributed by atoms with Gasteiger partial charge in [-0.25, -0.2) is 0 Å². The molecule has 152 valence electrons. The Morgan fingerprint density at radius 3 is 2.59 bits per heavy atom. The van der Waals surface area contributed by atoms with Gasteiger partial charge in [0.1, 0.15) is 5.75 Å². The highest BCUT2D eigenvalue weighted by Crippen LogP contribution is 2.32. The molecular weight excluding hydrogens is 366 g/mol. The summed E-state index contributed by atoms with van der Waals surface area (Å²) in [6.07, 6.45) is 7.90. The number of phenolic OH excluding ortho intramolecular Hbond substituents is 1. The predicted molar refractivity (Wildman–Crippen MR) is 114 cm³/mol. The third-order valence-corrected chi connectivity index (χ3v) is 5.98. The van der Waals surface area contributed by atoms with Crippen molar-refractivity contribution in [3.8, 4) is 17.0 Å². The topological polar surface area (TPSA) is 90.4 Å². The van der Waals surface area contributed by atoms with Gasteiger partial charge in [0.25, 0.3) is 0 Å². The largest absolute Gasteiger partial charge is 0.507 e. The molecule has 2 aliphatic rings. The molecule has 7 heteroatoms. The van der Waals surface area contributed by atoms with E-state index in [-0.39, 0.29) is 11.7 Å². The van der Waals surface area contributed by atoms with Crippen molar-refractivity contribution in [2.45, 2.75) is 43.8 Å². The molecule has 4 rings (SSSR count). The predicted octanol–water partition coefficient (Wildman–Crippen LogP) is 2.33. The number of nitrogens with one attached hydrogen (secondary N) is 2. The summed E-state index contributed by atoms with van der Waals surface area (Å²) < 4.78 is 0. The monoisotopic (exact) mass is 393 g/mol. The summed E-state index contributed by atoms with van der Waals surface area (Å²) in [5.74, 6) is 0.764. The minimum absolute atomic E-state index is 0.106. The van der Waals surface area contributed by atoms with Gasteiger partial charge in [-0.15, -0.1) is 10.2 Å². The highest BCUT2D eigenvalue weighted by atomic mass is 16.3. The molecule has 2 atom stereocenters. The summed E-state index contributed by atoms with van der Waals surface area (Å²) in [5, 5.41) is 25.3. The maximum absolute atomic E-state index is 11.3. The lowest BCUT2D eigenvalue weighted by Crippen LogP contribution is -2.47. The van der Waals surface area contributed by atoms with Crippen molar-refractivity contribution in [3.05, 3.63) is 42.0 Å². The molecule has 29 heavy (non-hydrogen) atoms. The highest BCUT2D eigenvalue weighted by molar-refractivity contribution is 5.91. The summed E-state index contributed by atoms with van der Waals surface area (Å²) in [7, 11) is 3.66. The minimum Gasteiger partial charge on any atom is -0.507 e. The van der Waals surface area contributed by atoms with E-state index in [0.29, 0.717) is 29.4 Å². The molecule has 2 aromatic rings. The quantitative estimate of drug-likeness (QED) is 0.676. The van der Waals surface area contributed by atoms with Crippen LogP contribution in [0.5, 0.6) is 5.75 Å². The first-order chi connectivity index (χ1) is 14.0. The number of fused-ring (bicyclic) bond motifs is 2. The van der Waals surface area contributed by atoms with Crippen LogP contribution in [0.4, 0.5) is 5.82 Å². The molecule has 0 saturated carbocycles. The standard InChI is InChI=1S/C22H27N5O2/c1-23-22(29)10-4-14-3-7-18(20(28)11-14)19-8-9-21(26-25-19)27(2)17-12-15-5-6-16(13-17)24-15/h3-4,7-11,15-17,24,28H,5-6,12-13H2,1-2H3,(H,23,29)/b10-4+. The van der Waals surface area contributed by atoms with Gasteiger partial charge in [0.2, 0.25) is 5.91 Å². The van der Waals surface area contributed by atoms with Crippen molar-refractivity contribution in [1.82, 2.24) is 20.8 Å². The van der Waals surface area contributed by atoms with Crippen molar-refractivity contribution in [2.75, 3.05) is 19.0 Å². The van der Waals surface area contributed by atoms with E-state index < -0.39 is 0 Å². The van der Waals surface area contributed by atoms with Crippen LogP contribution in [0.2, 0.25) is 0 Å². The molecule has 1 amide bonds. The van der Waals surface area contributed by atoms with Crippen LogP contribution < -0.4 is 15.5 Å². The summed E-state index contributed by atoms with van der Waals surface area (Å²) >= 11 is 0. The lowest BCUT2D eigenvalue weighted by Gasteiger charge is -2.36. The molecule has 0 spiro atoms. The fourth-order valence-corrected chi connectivity index (χ4v) is 4.31. The van der Waals surface area contributed by atoms with Crippen LogP contribution in [0.1, 0.15) is 31.2 Å². The Morgan fingerprint density at radius 1 is 1.21 bits per heavy atom. The molecule has 0 radical (unpaired) electrons. The fourth-order valence-electron chi connectivity index (χ4n) is 4.31. The van der Waals surface area contributed by atoms with Gasteiger partial charge in [0.15, 0.2) is 5.82 Å². The lowest BCUT2D eigenvalue weighted by atomic mass is 9.98. The molecule has 3 heterocycles. The van der Waals surface area contributed by atoms with Crippen molar-refractivity contribution >= 4 is 17.8 Å². The molecular formula is C22H27N5O2. The SMILES string of the molecule is CNC(=O)/C=C/c1ccc(-c2ccc(N(C)C3CC4CCC(C3)N4)nn2)c(O)c1. The van der Waals surface area contributed by atoms with Crippen LogP contribution in [-0.2, 0) is 4.79 Å². The van der Waals surface area contributed by atoms with Gasteiger partial charge in [0.05, 0.1) is 5.69 Å². The van der Waals surface area contributed by atoms with Crippen LogP contribution >= 0.6 is 0 Å². The van der Waals surface area contributed by atoms with E-state index >= 15 is 0 Å². The van der Waals surface area contributed by atoms with Crippen LogP contribution in [0.25, 0.3) is 17.3 Å². The van der Waals surface area contributed by atoms with E-state index in [1.165, 1.54) is 18.9 Å². The van der Waals surface area contributed by atoms with Crippen molar-refractivity contribution < 1.29 is 9.90 Å². The number of carbonyl (C=O) groups excluding carboxylic acids is 1. The Bertz CT molecular complexity index is 900. The third kappa shape index (κ3) is 4.24. The molecule has 2 unspecified atom stereocenters. The van der Waals surface area contributed by atoms with Gasteiger partial charge in [0, 0.05) is 43.9 Å². The van der Waals surface area contributed by atoms with Gasteiger partial charge in [-0.05, 0) is 61.6 Å². The molecule has 1 aromatic heterocycles. The number of aromatic nitrogens is 2. The van der Waals surface area contributed by atoms with Gasteiger partial charge in [-0.2, -0.15) is 0 Å². The number of benzene rings is 1. The zero-order valence-electron chi connectivity index (χ0n) is 16.8. The molecule has 0 aliphatic carbocycles.